The van der Waals surface area contributed by atoms with Crippen LogP contribution >= 0.6 is 0 Å². The van der Waals surface area contributed by atoms with Gasteiger partial charge < -0.3 is 10.2 Å². The first-order valence-electron chi connectivity index (χ1n) is 6.38. The number of fused-ring (bicyclic) bond motifs is 1. The first-order chi connectivity index (χ1) is 8.25. The van der Waals surface area contributed by atoms with Gasteiger partial charge in [-0.2, -0.15) is 0 Å². The van der Waals surface area contributed by atoms with E-state index in [4.69, 9.17) is 0 Å². The van der Waals surface area contributed by atoms with E-state index in [9.17, 15) is 0 Å². The summed E-state index contributed by atoms with van der Waals surface area (Å²) in [5, 5.41) is 3.36. The molecule has 0 radical (unpaired) electrons. The van der Waals surface area contributed by atoms with E-state index < -0.39 is 0 Å². The highest BCUT2D eigenvalue weighted by Gasteiger charge is 2.29. The van der Waals surface area contributed by atoms with Crippen LogP contribution in [0.2, 0.25) is 0 Å². The molecule has 3 heteroatoms. The average Bonchev–Trinajstić information content (AvgIpc) is 2.80. The van der Waals surface area contributed by atoms with Gasteiger partial charge in [0.15, 0.2) is 5.96 Å². The summed E-state index contributed by atoms with van der Waals surface area (Å²) in [6, 6.07) is 7.35. The number of benzene rings is 1. The van der Waals surface area contributed by atoms with Crippen LogP contribution in [0, 0.1) is 13.8 Å². The van der Waals surface area contributed by atoms with Gasteiger partial charge in [-0.1, -0.05) is 18.2 Å². The normalized spacial score (nSPS) is 23.1. The van der Waals surface area contributed by atoms with E-state index in [0.29, 0.717) is 6.04 Å². The number of rotatable bonds is 1. The van der Waals surface area contributed by atoms with Crippen LogP contribution in [-0.4, -0.2) is 30.5 Å². The number of hydrogen-bond acceptors (Lipinski definition) is 3. The van der Waals surface area contributed by atoms with Crippen molar-refractivity contribution in [3.63, 3.8) is 0 Å². The SMILES string of the molecule is Cc1ccc(C2CCN=C3NCCN32)cc1C. The summed E-state index contributed by atoms with van der Waals surface area (Å²) in [6.07, 6.45) is 1.13. The fourth-order valence-corrected chi connectivity index (χ4v) is 2.71. The van der Waals surface area contributed by atoms with Gasteiger partial charge in [-0.15, -0.1) is 0 Å². The third-order valence-corrected chi connectivity index (χ3v) is 3.86. The van der Waals surface area contributed by atoms with Gasteiger partial charge in [0.2, 0.25) is 0 Å². The second-order valence-corrected chi connectivity index (χ2v) is 4.97. The predicted octanol–water partition coefficient (Wildman–Crippen LogP) is 2.01. The van der Waals surface area contributed by atoms with E-state index in [0.717, 1.165) is 32.0 Å². The molecule has 1 saturated heterocycles. The summed E-state index contributed by atoms with van der Waals surface area (Å²) < 4.78 is 0. The van der Waals surface area contributed by atoms with E-state index in [2.05, 4.69) is 47.3 Å². The molecule has 1 fully saturated rings. The van der Waals surface area contributed by atoms with Gasteiger partial charge in [0.1, 0.15) is 0 Å². The van der Waals surface area contributed by atoms with Crippen molar-refractivity contribution in [3.05, 3.63) is 34.9 Å². The number of aryl methyl sites for hydroxylation is 2. The minimum absolute atomic E-state index is 0.511. The van der Waals surface area contributed by atoms with Crippen LogP contribution in [0.25, 0.3) is 0 Å². The van der Waals surface area contributed by atoms with E-state index in [-0.39, 0.29) is 0 Å². The van der Waals surface area contributed by atoms with Gasteiger partial charge in [0, 0.05) is 19.6 Å². The summed E-state index contributed by atoms with van der Waals surface area (Å²) in [6.45, 7) is 7.41. The third kappa shape index (κ3) is 1.79. The van der Waals surface area contributed by atoms with Crippen molar-refractivity contribution in [2.24, 2.45) is 4.99 Å². The van der Waals surface area contributed by atoms with Crippen LogP contribution in [0.1, 0.15) is 29.2 Å². The predicted molar refractivity (Wildman–Crippen MR) is 70.3 cm³/mol. The Bertz CT molecular complexity index is 465. The van der Waals surface area contributed by atoms with Crippen molar-refractivity contribution in [1.82, 2.24) is 10.2 Å². The van der Waals surface area contributed by atoms with E-state index in [1.54, 1.807) is 0 Å². The summed E-state index contributed by atoms with van der Waals surface area (Å²) >= 11 is 0. The van der Waals surface area contributed by atoms with Gasteiger partial charge in [0.05, 0.1) is 6.04 Å². The molecular weight excluding hydrogens is 210 g/mol. The lowest BCUT2D eigenvalue weighted by Gasteiger charge is -2.32. The zero-order valence-electron chi connectivity index (χ0n) is 10.5. The minimum atomic E-state index is 0.511. The molecule has 0 aliphatic carbocycles. The molecule has 2 aliphatic heterocycles. The molecule has 1 aromatic rings. The summed E-state index contributed by atoms with van der Waals surface area (Å²) in [4.78, 5) is 6.95. The molecule has 1 aromatic carbocycles. The Hall–Kier alpha value is -1.51. The molecule has 90 valence electrons. The van der Waals surface area contributed by atoms with Crippen LogP contribution in [-0.2, 0) is 0 Å². The van der Waals surface area contributed by atoms with Gasteiger partial charge in [-0.25, -0.2) is 0 Å². The maximum atomic E-state index is 4.54. The van der Waals surface area contributed by atoms with Gasteiger partial charge in [-0.3, -0.25) is 4.99 Å². The van der Waals surface area contributed by atoms with Gasteiger partial charge >= 0.3 is 0 Å². The Kier molecular flexibility index (Phi) is 2.54. The fraction of sp³-hybridized carbons (Fsp3) is 0.500. The fourth-order valence-electron chi connectivity index (χ4n) is 2.71. The molecule has 2 heterocycles. The minimum Gasteiger partial charge on any atom is -0.354 e. The smallest absolute Gasteiger partial charge is 0.194 e. The van der Waals surface area contributed by atoms with Crippen LogP contribution < -0.4 is 5.32 Å². The van der Waals surface area contributed by atoms with Crippen molar-refractivity contribution in [3.8, 4) is 0 Å². The molecule has 0 saturated carbocycles. The number of aliphatic imine (C=N–C) groups is 1. The van der Waals surface area contributed by atoms with Crippen molar-refractivity contribution >= 4 is 5.96 Å². The molecule has 0 aromatic heterocycles. The average molecular weight is 229 g/mol. The van der Waals surface area contributed by atoms with Crippen LogP contribution in [0.15, 0.2) is 23.2 Å². The standard InChI is InChI=1S/C14H19N3/c1-10-3-4-12(9-11(10)2)13-5-6-15-14-16-7-8-17(13)14/h3-4,9,13H,5-8H2,1-2H3,(H,15,16). The highest BCUT2D eigenvalue weighted by molar-refractivity contribution is 5.82. The summed E-state index contributed by atoms with van der Waals surface area (Å²) in [7, 11) is 0. The van der Waals surface area contributed by atoms with Crippen molar-refractivity contribution in [2.75, 3.05) is 19.6 Å². The van der Waals surface area contributed by atoms with Gasteiger partial charge in [0.25, 0.3) is 0 Å². The quantitative estimate of drug-likeness (QED) is 0.797. The molecule has 1 N–H and O–H groups in total. The van der Waals surface area contributed by atoms with Crippen LogP contribution in [0.3, 0.4) is 0 Å². The molecule has 0 bridgehead atoms. The second-order valence-electron chi connectivity index (χ2n) is 4.97. The Morgan fingerprint density at radius 1 is 1.29 bits per heavy atom. The monoisotopic (exact) mass is 229 g/mol. The first-order valence-corrected chi connectivity index (χ1v) is 6.38. The molecule has 3 rings (SSSR count). The Balaban J connectivity index is 1.93. The maximum Gasteiger partial charge on any atom is 0.194 e. The molecule has 17 heavy (non-hydrogen) atoms. The number of nitrogens with zero attached hydrogens (tertiary/aromatic N) is 2. The van der Waals surface area contributed by atoms with Crippen molar-refractivity contribution < 1.29 is 0 Å². The lowest BCUT2D eigenvalue weighted by Crippen LogP contribution is -2.37. The van der Waals surface area contributed by atoms with Crippen molar-refractivity contribution in [1.29, 1.82) is 0 Å². The van der Waals surface area contributed by atoms with Crippen LogP contribution in [0.5, 0.6) is 0 Å². The highest BCUT2D eigenvalue weighted by atomic mass is 15.4. The number of nitrogens with one attached hydrogen (secondary N) is 1. The largest absolute Gasteiger partial charge is 0.354 e. The van der Waals surface area contributed by atoms with Crippen LogP contribution in [0.4, 0.5) is 0 Å². The lowest BCUT2D eigenvalue weighted by molar-refractivity contribution is 0.314. The third-order valence-electron chi connectivity index (χ3n) is 3.86. The first kappa shape index (κ1) is 10.6. The highest BCUT2D eigenvalue weighted by Crippen LogP contribution is 2.29. The van der Waals surface area contributed by atoms with E-state index >= 15 is 0 Å². The Labute approximate surface area is 103 Å². The molecule has 1 atom stereocenters. The molecular formula is C14H19N3. The topological polar surface area (TPSA) is 27.6 Å². The Morgan fingerprint density at radius 2 is 2.18 bits per heavy atom. The molecule has 0 spiro atoms. The molecule has 0 amide bonds. The summed E-state index contributed by atoms with van der Waals surface area (Å²) in [5.74, 6) is 1.10. The number of hydrogen-bond donors (Lipinski definition) is 1. The van der Waals surface area contributed by atoms with Gasteiger partial charge in [-0.05, 0) is 37.0 Å². The zero-order chi connectivity index (χ0) is 11.8. The maximum absolute atomic E-state index is 4.54. The molecule has 3 nitrogen and oxygen atoms in total. The molecule has 1 unspecified atom stereocenters. The summed E-state index contributed by atoms with van der Waals surface area (Å²) in [5.41, 5.74) is 4.20. The Morgan fingerprint density at radius 3 is 3.00 bits per heavy atom. The lowest BCUT2D eigenvalue weighted by atomic mass is 9.97. The molecule has 2 aliphatic rings. The van der Waals surface area contributed by atoms with E-state index in [1.165, 1.54) is 16.7 Å². The van der Waals surface area contributed by atoms with E-state index in [1.807, 2.05) is 0 Å². The number of guanidine groups is 1. The second kappa shape index (κ2) is 4.06. The zero-order valence-corrected chi connectivity index (χ0v) is 10.5. The van der Waals surface area contributed by atoms with Crippen molar-refractivity contribution in [2.45, 2.75) is 26.3 Å².